The minimum Gasteiger partial charge on any atom is -0.396 e. The zero-order valence-corrected chi connectivity index (χ0v) is 12.2. The third-order valence-electron chi connectivity index (χ3n) is 2.67. The second kappa shape index (κ2) is 7.47. The van der Waals surface area contributed by atoms with Gasteiger partial charge in [0.2, 0.25) is 10.0 Å². The number of rotatable bonds is 8. The molecule has 0 bridgehead atoms. The van der Waals surface area contributed by atoms with Gasteiger partial charge in [0.15, 0.2) is 0 Å². The molecule has 0 saturated carbocycles. The van der Waals surface area contributed by atoms with Crippen LogP contribution in [-0.2, 0) is 10.0 Å². The van der Waals surface area contributed by atoms with Crippen molar-refractivity contribution in [2.75, 3.05) is 25.0 Å². The maximum Gasteiger partial charge on any atom is 0.242 e. The lowest BCUT2D eigenvalue weighted by Crippen LogP contribution is -2.26. The van der Waals surface area contributed by atoms with Crippen molar-refractivity contribution in [3.05, 3.63) is 24.3 Å². The van der Waals surface area contributed by atoms with Gasteiger partial charge in [0.05, 0.1) is 5.69 Å². The number of hydrogen-bond acceptors (Lipinski definition) is 4. The minimum absolute atomic E-state index is 0.0655. The highest BCUT2D eigenvalue weighted by atomic mass is 32.2. The lowest BCUT2D eigenvalue weighted by Gasteiger charge is -2.15. The first-order valence-electron chi connectivity index (χ1n) is 6.44. The van der Waals surface area contributed by atoms with E-state index in [1.54, 1.807) is 24.3 Å². The van der Waals surface area contributed by atoms with Crippen LogP contribution in [0.2, 0.25) is 0 Å². The van der Waals surface area contributed by atoms with Crippen LogP contribution in [0.3, 0.4) is 0 Å². The highest BCUT2D eigenvalue weighted by molar-refractivity contribution is 7.89. The van der Waals surface area contributed by atoms with Gasteiger partial charge in [0.1, 0.15) is 4.90 Å². The molecule has 1 atom stereocenters. The van der Waals surface area contributed by atoms with Gasteiger partial charge in [0, 0.05) is 19.7 Å². The average Bonchev–Trinajstić information content (AvgIpc) is 2.42. The van der Waals surface area contributed by atoms with E-state index >= 15 is 0 Å². The van der Waals surface area contributed by atoms with Gasteiger partial charge in [-0.2, -0.15) is 0 Å². The van der Waals surface area contributed by atoms with Crippen LogP contribution in [0.1, 0.15) is 20.3 Å². The largest absolute Gasteiger partial charge is 0.396 e. The molecule has 0 saturated heterocycles. The lowest BCUT2D eigenvalue weighted by atomic mass is 10.2. The van der Waals surface area contributed by atoms with E-state index in [9.17, 15) is 8.42 Å². The fourth-order valence-corrected chi connectivity index (χ4v) is 2.83. The zero-order chi connectivity index (χ0) is 14.3. The van der Waals surface area contributed by atoms with E-state index in [4.69, 9.17) is 5.11 Å². The molecule has 0 aromatic heterocycles. The molecule has 0 radical (unpaired) electrons. The number of benzene rings is 1. The minimum atomic E-state index is -3.48. The van der Waals surface area contributed by atoms with Gasteiger partial charge in [-0.05, 0) is 24.5 Å². The molecule has 1 rings (SSSR count). The number of anilines is 1. The molecule has 108 valence electrons. The van der Waals surface area contributed by atoms with Crippen molar-refractivity contribution >= 4 is 15.7 Å². The maximum absolute atomic E-state index is 12.1. The van der Waals surface area contributed by atoms with E-state index in [1.807, 2.05) is 13.8 Å². The van der Waals surface area contributed by atoms with E-state index in [-0.39, 0.29) is 17.4 Å². The first-order chi connectivity index (χ1) is 9.01. The molecule has 0 aliphatic heterocycles. The Morgan fingerprint density at radius 2 is 2.00 bits per heavy atom. The second-order valence-corrected chi connectivity index (χ2v) is 6.30. The van der Waals surface area contributed by atoms with Gasteiger partial charge in [-0.25, -0.2) is 13.1 Å². The number of aliphatic hydroxyl groups excluding tert-OH is 1. The Hall–Kier alpha value is -1.11. The Morgan fingerprint density at radius 3 is 2.63 bits per heavy atom. The standard InChI is InChI=1S/C13H22N2O3S/c1-3-8-15-19(17,18)13-7-5-4-6-12(13)14-9-11(2)10-16/h4-7,11,14-16H,3,8-10H2,1-2H3. The van der Waals surface area contributed by atoms with Crippen molar-refractivity contribution < 1.29 is 13.5 Å². The summed E-state index contributed by atoms with van der Waals surface area (Å²) in [7, 11) is -3.48. The molecule has 1 unspecified atom stereocenters. The molecular formula is C13H22N2O3S. The fourth-order valence-electron chi connectivity index (χ4n) is 1.51. The predicted molar refractivity (Wildman–Crippen MR) is 76.7 cm³/mol. The second-order valence-electron chi connectivity index (χ2n) is 4.56. The zero-order valence-electron chi connectivity index (χ0n) is 11.4. The normalized spacial score (nSPS) is 13.2. The molecule has 0 fully saturated rings. The molecule has 0 spiro atoms. The highest BCUT2D eigenvalue weighted by Crippen LogP contribution is 2.20. The van der Waals surface area contributed by atoms with Crippen molar-refractivity contribution in [3.63, 3.8) is 0 Å². The van der Waals surface area contributed by atoms with Gasteiger partial charge in [-0.15, -0.1) is 0 Å². The van der Waals surface area contributed by atoms with Crippen molar-refractivity contribution in [3.8, 4) is 0 Å². The Labute approximate surface area is 115 Å². The molecule has 1 aromatic rings. The van der Waals surface area contributed by atoms with Crippen LogP contribution in [0.15, 0.2) is 29.2 Å². The van der Waals surface area contributed by atoms with Crippen LogP contribution >= 0.6 is 0 Å². The number of nitrogens with one attached hydrogen (secondary N) is 2. The van der Waals surface area contributed by atoms with E-state index < -0.39 is 10.0 Å². The number of para-hydroxylation sites is 1. The van der Waals surface area contributed by atoms with Crippen LogP contribution < -0.4 is 10.0 Å². The molecule has 5 nitrogen and oxygen atoms in total. The van der Waals surface area contributed by atoms with Crippen molar-refractivity contribution in [1.29, 1.82) is 0 Å². The predicted octanol–water partition coefficient (Wildman–Crippen LogP) is 1.42. The maximum atomic E-state index is 12.1. The van der Waals surface area contributed by atoms with Gasteiger partial charge < -0.3 is 10.4 Å². The molecule has 0 aliphatic rings. The summed E-state index contributed by atoms with van der Waals surface area (Å²) in [5, 5.41) is 12.1. The Bertz CT molecular complexity index is 488. The summed E-state index contributed by atoms with van der Waals surface area (Å²) < 4.78 is 26.8. The van der Waals surface area contributed by atoms with E-state index in [0.717, 1.165) is 6.42 Å². The Balaban J connectivity index is 2.89. The van der Waals surface area contributed by atoms with Crippen LogP contribution in [0.5, 0.6) is 0 Å². The first-order valence-corrected chi connectivity index (χ1v) is 7.93. The summed E-state index contributed by atoms with van der Waals surface area (Å²) in [6, 6.07) is 6.78. The fraction of sp³-hybridized carbons (Fsp3) is 0.538. The number of aliphatic hydroxyl groups is 1. The smallest absolute Gasteiger partial charge is 0.242 e. The molecule has 0 aliphatic carbocycles. The average molecular weight is 286 g/mol. The molecule has 0 heterocycles. The topological polar surface area (TPSA) is 78.4 Å². The number of sulfonamides is 1. The molecule has 1 aromatic carbocycles. The SMILES string of the molecule is CCCNS(=O)(=O)c1ccccc1NCC(C)CO. The third kappa shape index (κ3) is 4.81. The van der Waals surface area contributed by atoms with E-state index in [1.165, 1.54) is 0 Å². The van der Waals surface area contributed by atoms with Crippen molar-refractivity contribution in [2.24, 2.45) is 5.92 Å². The summed E-state index contributed by atoms with van der Waals surface area (Å²) in [6.45, 7) is 4.81. The quantitative estimate of drug-likeness (QED) is 0.675. The van der Waals surface area contributed by atoms with E-state index in [0.29, 0.717) is 18.8 Å². The van der Waals surface area contributed by atoms with Crippen molar-refractivity contribution in [1.82, 2.24) is 4.72 Å². The number of hydrogen-bond donors (Lipinski definition) is 3. The van der Waals surface area contributed by atoms with Gasteiger partial charge in [-0.1, -0.05) is 26.0 Å². The molecule has 0 amide bonds. The van der Waals surface area contributed by atoms with Crippen LogP contribution in [0.25, 0.3) is 0 Å². The Morgan fingerprint density at radius 1 is 1.32 bits per heavy atom. The van der Waals surface area contributed by atoms with Crippen LogP contribution in [0.4, 0.5) is 5.69 Å². The summed E-state index contributed by atoms with van der Waals surface area (Å²) in [4.78, 5) is 0.244. The monoisotopic (exact) mass is 286 g/mol. The summed E-state index contributed by atoms with van der Waals surface area (Å²) in [6.07, 6.45) is 0.746. The third-order valence-corrected chi connectivity index (χ3v) is 4.19. The molecule has 6 heteroatoms. The Kier molecular flexibility index (Phi) is 6.27. The molecular weight excluding hydrogens is 264 g/mol. The summed E-state index contributed by atoms with van der Waals surface area (Å²) in [5.74, 6) is 0.0689. The molecule has 3 N–H and O–H groups in total. The lowest BCUT2D eigenvalue weighted by molar-refractivity contribution is 0.244. The van der Waals surface area contributed by atoms with Gasteiger partial charge in [0.25, 0.3) is 0 Å². The summed E-state index contributed by atoms with van der Waals surface area (Å²) in [5.41, 5.74) is 0.561. The van der Waals surface area contributed by atoms with Crippen LogP contribution in [-0.4, -0.2) is 33.2 Å². The van der Waals surface area contributed by atoms with Crippen molar-refractivity contribution in [2.45, 2.75) is 25.2 Å². The summed E-state index contributed by atoms with van der Waals surface area (Å²) >= 11 is 0. The van der Waals surface area contributed by atoms with Crippen LogP contribution in [0, 0.1) is 5.92 Å². The first kappa shape index (κ1) is 15.9. The van der Waals surface area contributed by atoms with E-state index in [2.05, 4.69) is 10.0 Å². The molecule has 19 heavy (non-hydrogen) atoms. The van der Waals surface area contributed by atoms with Gasteiger partial charge in [-0.3, -0.25) is 0 Å². The highest BCUT2D eigenvalue weighted by Gasteiger charge is 2.17. The van der Waals surface area contributed by atoms with Gasteiger partial charge >= 0.3 is 0 Å².